The molecule has 1 heterocycles. The Morgan fingerprint density at radius 3 is 3.10 bits per heavy atom. The summed E-state index contributed by atoms with van der Waals surface area (Å²) in [5, 5.41) is 11.7. The maximum Gasteiger partial charge on any atom is 0.252 e. The molecule has 0 saturated carbocycles. The molecule has 2 N–H and O–H groups in total. The van der Waals surface area contributed by atoms with Crippen molar-refractivity contribution >= 4 is 17.7 Å². The zero-order valence-corrected chi connectivity index (χ0v) is 12.7. The van der Waals surface area contributed by atoms with E-state index in [0.717, 1.165) is 12.2 Å². The number of carbonyl (C=O) groups excluding carboxylic acids is 1. The maximum atomic E-state index is 12.2. The van der Waals surface area contributed by atoms with E-state index in [2.05, 4.69) is 22.1 Å². The van der Waals surface area contributed by atoms with Gasteiger partial charge in [0.2, 0.25) is 0 Å². The van der Waals surface area contributed by atoms with E-state index in [4.69, 9.17) is 5.11 Å². The maximum absolute atomic E-state index is 12.2. The molecule has 0 saturated heterocycles. The molecule has 1 rings (SSSR count). The van der Waals surface area contributed by atoms with Crippen molar-refractivity contribution in [2.45, 2.75) is 25.8 Å². The lowest BCUT2D eigenvalue weighted by Gasteiger charge is -2.13. The van der Waals surface area contributed by atoms with E-state index in [1.165, 1.54) is 0 Å². The van der Waals surface area contributed by atoms with E-state index < -0.39 is 0 Å². The first kappa shape index (κ1) is 16.5. The number of amides is 1. The molecule has 1 aromatic heterocycles. The van der Waals surface area contributed by atoms with Crippen LogP contribution in [0.25, 0.3) is 0 Å². The predicted octanol–water partition coefficient (Wildman–Crippen LogP) is 1.69. The van der Waals surface area contributed by atoms with Crippen LogP contribution in [-0.4, -0.2) is 40.7 Å². The van der Waals surface area contributed by atoms with Gasteiger partial charge in [-0.2, -0.15) is 11.8 Å². The monoisotopic (exact) mass is 292 g/mol. The summed E-state index contributed by atoms with van der Waals surface area (Å²) in [5.74, 6) is 6.57. The van der Waals surface area contributed by atoms with Gasteiger partial charge in [-0.05, 0) is 31.4 Å². The van der Waals surface area contributed by atoms with Crippen molar-refractivity contribution in [3.63, 3.8) is 0 Å². The number of aliphatic hydroxyl groups is 1. The first-order valence-corrected chi connectivity index (χ1v) is 7.92. The van der Waals surface area contributed by atoms with Crippen LogP contribution in [0.15, 0.2) is 18.5 Å². The molecule has 1 amide bonds. The van der Waals surface area contributed by atoms with Crippen molar-refractivity contribution in [3.05, 3.63) is 29.6 Å². The Hall–Kier alpha value is -1.51. The van der Waals surface area contributed by atoms with Crippen LogP contribution >= 0.6 is 11.8 Å². The highest BCUT2D eigenvalue weighted by Crippen LogP contribution is 2.07. The SMILES string of the molecule is CSCCC(C)NC(=O)c1ccncc1C#CCCO. The first-order valence-electron chi connectivity index (χ1n) is 6.52. The van der Waals surface area contributed by atoms with Crippen LogP contribution in [0.5, 0.6) is 0 Å². The fraction of sp³-hybridized carbons (Fsp3) is 0.467. The highest BCUT2D eigenvalue weighted by atomic mass is 32.2. The van der Waals surface area contributed by atoms with Crippen LogP contribution in [0.2, 0.25) is 0 Å². The quantitative estimate of drug-likeness (QED) is 0.783. The molecule has 0 aliphatic carbocycles. The van der Waals surface area contributed by atoms with Gasteiger partial charge in [-0.25, -0.2) is 0 Å². The zero-order chi connectivity index (χ0) is 14.8. The molecule has 0 aliphatic heterocycles. The molecule has 5 heteroatoms. The standard InChI is InChI=1S/C15H20N2O2S/c1-12(7-10-20-2)17-15(19)14-6-8-16-11-13(14)5-3-4-9-18/h6,8,11-12,18H,4,7,9-10H2,1-2H3,(H,17,19). The van der Waals surface area contributed by atoms with E-state index in [9.17, 15) is 4.79 Å². The van der Waals surface area contributed by atoms with Gasteiger partial charge in [-0.1, -0.05) is 11.8 Å². The summed E-state index contributed by atoms with van der Waals surface area (Å²) in [5.41, 5.74) is 1.12. The number of aliphatic hydroxyl groups excluding tert-OH is 1. The Balaban J connectivity index is 2.75. The average Bonchev–Trinajstić information content (AvgIpc) is 2.46. The van der Waals surface area contributed by atoms with Crippen LogP contribution in [-0.2, 0) is 0 Å². The minimum absolute atomic E-state index is 0.0144. The third-order valence-electron chi connectivity index (χ3n) is 2.66. The lowest BCUT2D eigenvalue weighted by atomic mass is 10.1. The Labute approximate surface area is 124 Å². The van der Waals surface area contributed by atoms with E-state index in [1.54, 1.807) is 30.2 Å². The van der Waals surface area contributed by atoms with E-state index in [1.807, 2.05) is 13.2 Å². The molecule has 0 aliphatic rings. The number of hydrogen-bond donors (Lipinski definition) is 2. The van der Waals surface area contributed by atoms with E-state index >= 15 is 0 Å². The Morgan fingerprint density at radius 2 is 2.40 bits per heavy atom. The van der Waals surface area contributed by atoms with Crippen molar-refractivity contribution in [1.29, 1.82) is 0 Å². The molecule has 1 unspecified atom stereocenters. The normalized spacial score (nSPS) is 11.3. The molecule has 108 valence electrons. The van der Waals surface area contributed by atoms with Gasteiger partial charge in [0, 0.05) is 24.9 Å². The molecular weight excluding hydrogens is 272 g/mol. The summed E-state index contributed by atoms with van der Waals surface area (Å²) in [6.07, 6.45) is 6.53. The summed E-state index contributed by atoms with van der Waals surface area (Å²) in [4.78, 5) is 16.2. The summed E-state index contributed by atoms with van der Waals surface area (Å²) in [6.45, 7) is 2.01. The van der Waals surface area contributed by atoms with Crippen molar-refractivity contribution < 1.29 is 9.90 Å². The van der Waals surface area contributed by atoms with Gasteiger partial charge in [0.1, 0.15) is 0 Å². The van der Waals surface area contributed by atoms with Gasteiger partial charge in [0.25, 0.3) is 5.91 Å². The number of thioether (sulfide) groups is 1. The molecule has 4 nitrogen and oxygen atoms in total. The summed E-state index contributed by atoms with van der Waals surface area (Å²) in [7, 11) is 0. The number of nitrogens with zero attached hydrogens (tertiary/aromatic N) is 1. The lowest BCUT2D eigenvalue weighted by molar-refractivity contribution is 0.0939. The number of pyridine rings is 1. The van der Waals surface area contributed by atoms with Crippen molar-refractivity contribution in [3.8, 4) is 11.8 Å². The van der Waals surface area contributed by atoms with Crippen molar-refractivity contribution in [2.24, 2.45) is 0 Å². The molecule has 20 heavy (non-hydrogen) atoms. The van der Waals surface area contributed by atoms with Gasteiger partial charge in [-0.3, -0.25) is 9.78 Å². The molecular formula is C15H20N2O2S. The fourth-order valence-corrected chi connectivity index (χ4v) is 2.16. The Bertz CT molecular complexity index is 494. The molecule has 0 fully saturated rings. The van der Waals surface area contributed by atoms with E-state index in [-0.39, 0.29) is 18.6 Å². The average molecular weight is 292 g/mol. The minimum Gasteiger partial charge on any atom is -0.395 e. The summed E-state index contributed by atoms with van der Waals surface area (Å²) >= 11 is 1.76. The van der Waals surface area contributed by atoms with Crippen molar-refractivity contribution in [1.82, 2.24) is 10.3 Å². The summed E-state index contributed by atoms with van der Waals surface area (Å²) in [6, 6.07) is 1.79. The number of carbonyl (C=O) groups is 1. The molecule has 0 spiro atoms. The minimum atomic E-state index is -0.130. The molecule has 0 radical (unpaired) electrons. The lowest BCUT2D eigenvalue weighted by Crippen LogP contribution is -2.33. The highest BCUT2D eigenvalue weighted by Gasteiger charge is 2.12. The second kappa shape index (κ2) is 9.40. The molecule has 1 aromatic rings. The van der Waals surface area contributed by atoms with Crippen LogP contribution < -0.4 is 5.32 Å². The van der Waals surface area contributed by atoms with Gasteiger partial charge in [-0.15, -0.1) is 0 Å². The Kier molecular flexibility index (Phi) is 7.78. The number of nitrogens with one attached hydrogen (secondary N) is 1. The molecule has 1 atom stereocenters. The number of aromatic nitrogens is 1. The van der Waals surface area contributed by atoms with Crippen LogP contribution in [0.4, 0.5) is 0 Å². The van der Waals surface area contributed by atoms with Crippen LogP contribution in [0.1, 0.15) is 35.7 Å². The van der Waals surface area contributed by atoms with Gasteiger partial charge in [0.15, 0.2) is 0 Å². The topological polar surface area (TPSA) is 62.2 Å². The Morgan fingerprint density at radius 1 is 1.60 bits per heavy atom. The fourth-order valence-electron chi connectivity index (χ4n) is 1.57. The number of rotatable bonds is 6. The first-order chi connectivity index (χ1) is 9.69. The smallest absolute Gasteiger partial charge is 0.252 e. The number of hydrogen-bond acceptors (Lipinski definition) is 4. The van der Waals surface area contributed by atoms with Crippen LogP contribution in [0, 0.1) is 11.8 Å². The summed E-state index contributed by atoms with van der Waals surface area (Å²) < 4.78 is 0. The van der Waals surface area contributed by atoms with Gasteiger partial charge >= 0.3 is 0 Å². The molecule has 0 bridgehead atoms. The third kappa shape index (κ3) is 5.64. The van der Waals surface area contributed by atoms with Crippen molar-refractivity contribution in [2.75, 3.05) is 18.6 Å². The molecule has 0 aromatic carbocycles. The predicted molar refractivity (Wildman–Crippen MR) is 82.7 cm³/mol. The largest absolute Gasteiger partial charge is 0.395 e. The second-order valence-corrected chi connectivity index (χ2v) is 5.34. The zero-order valence-electron chi connectivity index (χ0n) is 11.8. The van der Waals surface area contributed by atoms with E-state index in [0.29, 0.717) is 17.5 Å². The van der Waals surface area contributed by atoms with Crippen LogP contribution in [0.3, 0.4) is 0 Å². The third-order valence-corrected chi connectivity index (χ3v) is 3.30. The second-order valence-electron chi connectivity index (χ2n) is 4.35. The van der Waals surface area contributed by atoms with Gasteiger partial charge < -0.3 is 10.4 Å². The van der Waals surface area contributed by atoms with Gasteiger partial charge in [0.05, 0.1) is 17.7 Å². The highest BCUT2D eigenvalue weighted by molar-refractivity contribution is 7.98.